The highest BCUT2D eigenvalue weighted by Gasteiger charge is 2.34. The van der Waals surface area contributed by atoms with Gasteiger partial charge in [-0.3, -0.25) is 15.6 Å². The van der Waals surface area contributed by atoms with Crippen LogP contribution < -0.4 is 21.1 Å². The molecule has 1 saturated carbocycles. The number of amides is 2. The molecule has 0 aromatic carbocycles. The molecule has 10 nitrogen and oxygen atoms in total. The van der Waals surface area contributed by atoms with Gasteiger partial charge in [0, 0.05) is 25.7 Å². The zero-order valence-corrected chi connectivity index (χ0v) is 20.0. The third-order valence-electron chi connectivity index (χ3n) is 6.61. The van der Waals surface area contributed by atoms with Gasteiger partial charge in [-0.15, -0.1) is 0 Å². The summed E-state index contributed by atoms with van der Waals surface area (Å²) in [6.45, 7) is 3.29. The average molecular weight is 486 g/mol. The highest BCUT2D eigenvalue weighted by atomic mass is 35.5. The molecule has 1 saturated heterocycles. The lowest BCUT2D eigenvalue weighted by Crippen LogP contribution is -2.42. The summed E-state index contributed by atoms with van der Waals surface area (Å²) < 4.78 is 15.2. The van der Waals surface area contributed by atoms with Crippen LogP contribution in [-0.2, 0) is 4.79 Å². The van der Waals surface area contributed by atoms with Gasteiger partial charge in [0.15, 0.2) is 11.6 Å². The van der Waals surface area contributed by atoms with E-state index in [2.05, 4.69) is 38.0 Å². The van der Waals surface area contributed by atoms with Crippen molar-refractivity contribution in [3.63, 3.8) is 0 Å². The number of hydrogen-bond donors (Lipinski definition) is 4. The molecule has 0 radical (unpaired) electrons. The van der Waals surface area contributed by atoms with Crippen LogP contribution >= 0.6 is 11.6 Å². The van der Waals surface area contributed by atoms with Gasteiger partial charge >= 0.3 is 6.09 Å². The van der Waals surface area contributed by atoms with Crippen LogP contribution in [0, 0.1) is 23.6 Å². The quantitative estimate of drug-likeness (QED) is 0.311. The van der Waals surface area contributed by atoms with Crippen molar-refractivity contribution in [2.24, 2.45) is 17.8 Å². The lowest BCUT2D eigenvalue weighted by atomic mass is 9.92. The number of likely N-dealkylation sites (N-methyl/N-ethyl adjacent to an activating group) is 1. The summed E-state index contributed by atoms with van der Waals surface area (Å²) in [5.74, 6) is -1.20. The van der Waals surface area contributed by atoms with Gasteiger partial charge in [-0.1, -0.05) is 32.6 Å². The van der Waals surface area contributed by atoms with Gasteiger partial charge < -0.3 is 20.2 Å². The predicted molar refractivity (Wildman–Crippen MR) is 124 cm³/mol. The molecular formula is C21H33ClFN7O3. The number of carbonyl (C=O) groups excluding carboxylic acids is 1. The molecule has 2 heterocycles. The van der Waals surface area contributed by atoms with E-state index in [1.54, 1.807) is 0 Å². The van der Waals surface area contributed by atoms with E-state index in [1.807, 2.05) is 19.0 Å². The first-order valence-corrected chi connectivity index (χ1v) is 11.7. The maximum Gasteiger partial charge on any atom is 0.404 e. The number of hydrazine groups is 1. The first-order valence-electron chi connectivity index (χ1n) is 11.3. The Labute approximate surface area is 198 Å². The summed E-state index contributed by atoms with van der Waals surface area (Å²) in [5, 5.41) is 11.1. The van der Waals surface area contributed by atoms with Gasteiger partial charge in [0.1, 0.15) is 0 Å². The SMILES string of the molecule is C[C@@H]1CN(c2nc(Cl)nc(NNC(=O)[C@@H](CNC(=O)O)CC3CCCC3)c2F)C[C@@H]1N(C)C. The van der Waals surface area contributed by atoms with Crippen LogP contribution in [0.1, 0.15) is 39.0 Å². The molecule has 2 aliphatic rings. The molecule has 12 heteroatoms. The molecule has 33 heavy (non-hydrogen) atoms. The van der Waals surface area contributed by atoms with Crippen molar-refractivity contribution < 1.29 is 19.1 Å². The maximum absolute atomic E-state index is 15.2. The van der Waals surface area contributed by atoms with Crippen molar-refractivity contribution in [1.82, 2.24) is 25.6 Å². The summed E-state index contributed by atoms with van der Waals surface area (Å²) in [7, 11) is 3.97. The van der Waals surface area contributed by atoms with Crippen molar-refractivity contribution in [3.05, 3.63) is 11.1 Å². The number of nitrogens with one attached hydrogen (secondary N) is 3. The van der Waals surface area contributed by atoms with E-state index >= 15 is 4.39 Å². The van der Waals surface area contributed by atoms with Crippen molar-refractivity contribution >= 4 is 35.2 Å². The van der Waals surface area contributed by atoms with E-state index in [0.717, 1.165) is 25.7 Å². The first-order chi connectivity index (χ1) is 15.7. The van der Waals surface area contributed by atoms with Gasteiger partial charge in [0.05, 0.1) is 5.92 Å². The highest BCUT2D eigenvalue weighted by Crippen LogP contribution is 2.31. The molecule has 2 fully saturated rings. The Kier molecular flexibility index (Phi) is 8.52. The Morgan fingerprint density at radius 3 is 2.58 bits per heavy atom. The maximum atomic E-state index is 15.2. The molecule has 3 atom stereocenters. The van der Waals surface area contributed by atoms with Gasteiger partial charge in [0.2, 0.25) is 17.0 Å². The van der Waals surface area contributed by atoms with Crippen LogP contribution in [0.25, 0.3) is 0 Å². The minimum Gasteiger partial charge on any atom is -0.465 e. The second kappa shape index (κ2) is 11.1. The van der Waals surface area contributed by atoms with Gasteiger partial charge in [-0.25, -0.2) is 4.79 Å². The molecule has 0 bridgehead atoms. The largest absolute Gasteiger partial charge is 0.465 e. The fourth-order valence-corrected chi connectivity index (χ4v) is 5.03. The number of hydrogen-bond acceptors (Lipinski definition) is 7. The van der Waals surface area contributed by atoms with Crippen molar-refractivity contribution in [2.45, 2.75) is 45.1 Å². The molecule has 1 aliphatic carbocycles. The van der Waals surface area contributed by atoms with E-state index in [1.165, 1.54) is 0 Å². The fourth-order valence-electron chi connectivity index (χ4n) is 4.86. The van der Waals surface area contributed by atoms with Crippen LogP contribution in [0.4, 0.5) is 20.8 Å². The number of carboxylic acid groups (broad SMARTS) is 1. The molecule has 1 aliphatic heterocycles. The Bertz CT molecular complexity index is 853. The molecule has 3 rings (SSSR count). The van der Waals surface area contributed by atoms with E-state index in [-0.39, 0.29) is 29.5 Å². The number of nitrogens with zero attached hydrogens (tertiary/aromatic N) is 4. The van der Waals surface area contributed by atoms with Crippen LogP contribution in [0.3, 0.4) is 0 Å². The van der Waals surface area contributed by atoms with E-state index in [0.29, 0.717) is 31.3 Å². The van der Waals surface area contributed by atoms with Gasteiger partial charge in [-0.2, -0.15) is 14.4 Å². The summed E-state index contributed by atoms with van der Waals surface area (Å²) in [6.07, 6.45) is 3.63. The van der Waals surface area contributed by atoms with Crippen molar-refractivity contribution in [3.8, 4) is 0 Å². The Morgan fingerprint density at radius 1 is 1.27 bits per heavy atom. The number of aromatic nitrogens is 2. The lowest BCUT2D eigenvalue weighted by molar-refractivity contribution is -0.124. The normalized spacial score (nSPS) is 21.9. The zero-order valence-electron chi connectivity index (χ0n) is 19.3. The molecule has 1 aromatic heterocycles. The van der Waals surface area contributed by atoms with Crippen molar-refractivity contribution in [2.75, 3.05) is 44.1 Å². The Balaban J connectivity index is 1.69. The standard InChI is InChI=1S/C21H33ClFN7O3/c1-12-10-30(11-15(12)29(2)3)18-16(23)17(25-20(22)26-18)27-28-19(31)14(9-24-21(32)33)8-13-6-4-5-7-13/h12-15,24H,4-11H2,1-3H3,(H,28,31)(H,32,33)(H,25,26,27)/t12-,14-,15+/m1/s1. The second-order valence-corrected chi connectivity index (χ2v) is 9.61. The summed E-state index contributed by atoms with van der Waals surface area (Å²) in [6, 6.07) is 0.243. The zero-order chi connectivity index (χ0) is 24.1. The topological polar surface area (TPSA) is 123 Å². The third-order valence-corrected chi connectivity index (χ3v) is 6.78. The van der Waals surface area contributed by atoms with E-state index < -0.39 is 23.7 Å². The van der Waals surface area contributed by atoms with Gasteiger partial charge in [-0.05, 0) is 44.0 Å². The van der Waals surface area contributed by atoms with Crippen LogP contribution in [0.2, 0.25) is 5.28 Å². The number of halogens is 2. The molecule has 0 unspecified atom stereocenters. The smallest absolute Gasteiger partial charge is 0.404 e. The minimum atomic E-state index is -1.19. The first kappa shape index (κ1) is 25.2. The average Bonchev–Trinajstić information content (AvgIpc) is 3.40. The molecule has 2 amide bonds. The fraction of sp³-hybridized carbons (Fsp3) is 0.714. The second-order valence-electron chi connectivity index (χ2n) is 9.28. The van der Waals surface area contributed by atoms with Crippen LogP contribution in [0.5, 0.6) is 0 Å². The molecule has 4 N–H and O–H groups in total. The summed E-state index contributed by atoms with van der Waals surface area (Å²) >= 11 is 6.06. The Morgan fingerprint density at radius 2 is 1.97 bits per heavy atom. The number of rotatable bonds is 9. The summed E-state index contributed by atoms with van der Waals surface area (Å²) in [4.78, 5) is 35.6. The van der Waals surface area contributed by atoms with Crippen molar-refractivity contribution in [1.29, 1.82) is 0 Å². The molecule has 184 valence electrons. The van der Waals surface area contributed by atoms with Gasteiger partial charge in [0.25, 0.3) is 0 Å². The minimum absolute atomic E-state index is 0.0187. The molecule has 0 spiro atoms. The lowest BCUT2D eigenvalue weighted by Gasteiger charge is -2.23. The molecular weight excluding hydrogens is 453 g/mol. The number of carbonyl (C=O) groups is 2. The number of anilines is 2. The van der Waals surface area contributed by atoms with Crippen LogP contribution in [0.15, 0.2) is 0 Å². The predicted octanol–water partition coefficient (Wildman–Crippen LogP) is 2.56. The van der Waals surface area contributed by atoms with E-state index in [4.69, 9.17) is 16.7 Å². The molecule has 1 aromatic rings. The summed E-state index contributed by atoms with van der Waals surface area (Å²) in [5.41, 5.74) is 5.01. The Hall–Kier alpha value is -2.40. The van der Waals surface area contributed by atoms with E-state index in [9.17, 15) is 9.59 Å². The third kappa shape index (κ3) is 6.57. The van der Waals surface area contributed by atoms with Crippen LogP contribution in [-0.4, -0.2) is 71.7 Å². The monoisotopic (exact) mass is 485 g/mol. The highest BCUT2D eigenvalue weighted by molar-refractivity contribution is 6.28.